The molecule has 0 saturated heterocycles. The second kappa shape index (κ2) is 6.19. The first kappa shape index (κ1) is 14.2. The fourth-order valence-corrected chi connectivity index (χ4v) is 1.92. The highest BCUT2D eigenvalue weighted by molar-refractivity contribution is 6.35. The first-order valence-electron chi connectivity index (χ1n) is 5.01. The third-order valence-electron chi connectivity index (χ3n) is 2.30. The van der Waals surface area contributed by atoms with E-state index in [1.54, 1.807) is 6.92 Å². The minimum Gasteiger partial charge on any atom is -0.481 e. The monoisotopic (exact) mass is 279 g/mol. The van der Waals surface area contributed by atoms with E-state index in [1.165, 1.54) is 12.1 Å². The molecule has 1 aromatic rings. The van der Waals surface area contributed by atoms with Crippen LogP contribution >= 0.6 is 23.2 Å². The van der Waals surface area contributed by atoms with Crippen molar-refractivity contribution in [2.75, 3.05) is 6.54 Å². The van der Waals surface area contributed by atoms with Gasteiger partial charge in [0.25, 0.3) is 0 Å². The van der Waals surface area contributed by atoms with Crippen LogP contribution in [0.1, 0.15) is 24.9 Å². The molecule has 6 heteroatoms. The van der Waals surface area contributed by atoms with Crippen LogP contribution in [0.2, 0.25) is 10.0 Å². The molecule has 0 radical (unpaired) electrons. The molecule has 1 rings (SSSR count). The zero-order valence-corrected chi connectivity index (χ0v) is 10.6. The Bertz CT molecular complexity index is 426. The molecular weight excluding hydrogens is 268 g/mol. The van der Waals surface area contributed by atoms with Gasteiger partial charge in [-0.3, -0.25) is 4.79 Å². The molecule has 2 N–H and O–H groups in total. The topological polar surface area (TPSA) is 49.3 Å². The number of carbonyl (C=O) groups is 1. The van der Waals surface area contributed by atoms with E-state index in [0.29, 0.717) is 10.6 Å². The lowest BCUT2D eigenvalue weighted by Gasteiger charge is -2.15. The molecule has 1 unspecified atom stereocenters. The fraction of sp³-hybridized carbons (Fsp3) is 0.364. The van der Waals surface area contributed by atoms with Gasteiger partial charge in [-0.05, 0) is 24.6 Å². The van der Waals surface area contributed by atoms with Crippen LogP contribution in [0.5, 0.6) is 0 Å². The van der Waals surface area contributed by atoms with Crippen LogP contribution in [0, 0.1) is 5.82 Å². The fourth-order valence-electron chi connectivity index (χ4n) is 1.38. The highest BCUT2D eigenvalue weighted by atomic mass is 35.5. The molecule has 0 aliphatic carbocycles. The zero-order valence-electron chi connectivity index (χ0n) is 9.14. The van der Waals surface area contributed by atoms with E-state index in [1.807, 2.05) is 0 Å². The van der Waals surface area contributed by atoms with Crippen molar-refractivity contribution in [2.45, 2.75) is 19.4 Å². The van der Waals surface area contributed by atoms with E-state index >= 15 is 0 Å². The number of aliphatic carboxylic acids is 1. The average molecular weight is 280 g/mol. The van der Waals surface area contributed by atoms with Gasteiger partial charge in [0.1, 0.15) is 5.82 Å². The molecule has 3 nitrogen and oxygen atoms in total. The standard InChI is InChI=1S/C11H12Cl2FNO2/c1-6(15-3-2-11(16)17)7-4-10(14)9(13)5-8(7)12/h4-6,15H,2-3H2,1H3,(H,16,17). The Morgan fingerprint density at radius 1 is 1.47 bits per heavy atom. The summed E-state index contributed by atoms with van der Waals surface area (Å²) in [6.45, 7) is 2.06. The molecular formula is C11H12Cl2FNO2. The molecule has 0 aromatic heterocycles. The largest absolute Gasteiger partial charge is 0.481 e. The van der Waals surface area contributed by atoms with Crippen LogP contribution < -0.4 is 5.32 Å². The van der Waals surface area contributed by atoms with Crippen molar-refractivity contribution in [2.24, 2.45) is 0 Å². The molecule has 1 aromatic carbocycles. The van der Waals surface area contributed by atoms with Crippen LogP contribution in [-0.2, 0) is 4.79 Å². The number of nitrogens with one attached hydrogen (secondary N) is 1. The summed E-state index contributed by atoms with van der Waals surface area (Å²) < 4.78 is 13.3. The lowest BCUT2D eigenvalue weighted by molar-refractivity contribution is -0.136. The van der Waals surface area contributed by atoms with Crippen molar-refractivity contribution < 1.29 is 14.3 Å². The van der Waals surface area contributed by atoms with Crippen molar-refractivity contribution >= 4 is 29.2 Å². The van der Waals surface area contributed by atoms with Gasteiger partial charge >= 0.3 is 5.97 Å². The summed E-state index contributed by atoms with van der Waals surface area (Å²) in [5.41, 5.74) is 0.555. The number of carboxylic acid groups (broad SMARTS) is 1. The average Bonchev–Trinajstić information content (AvgIpc) is 2.22. The Labute approximate surface area is 109 Å². The van der Waals surface area contributed by atoms with E-state index in [2.05, 4.69) is 5.32 Å². The SMILES string of the molecule is CC(NCCC(=O)O)c1cc(F)c(Cl)cc1Cl. The summed E-state index contributed by atoms with van der Waals surface area (Å²) in [7, 11) is 0. The second-order valence-electron chi connectivity index (χ2n) is 3.61. The lowest BCUT2D eigenvalue weighted by Crippen LogP contribution is -2.22. The van der Waals surface area contributed by atoms with Gasteiger partial charge in [-0.25, -0.2) is 4.39 Å². The summed E-state index contributed by atoms with van der Waals surface area (Å²) in [5, 5.41) is 11.8. The quantitative estimate of drug-likeness (QED) is 0.814. The normalized spacial score (nSPS) is 12.5. The van der Waals surface area contributed by atoms with Gasteiger partial charge in [-0.15, -0.1) is 0 Å². The maximum atomic E-state index is 13.3. The third-order valence-corrected chi connectivity index (χ3v) is 2.91. The zero-order chi connectivity index (χ0) is 13.0. The van der Waals surface area contributed by atoms with Gasteiger partial charge < -0.3 is 10.4 Å². The minimum atomic E-state index is -0.891. The van der Waals surface area contributed by atoms with Gasteiger partial charge in [0.15, 0.2) is 0 Å². The molecule has 0 aliphatic heterocycles. The Morgan fingerprint density at radius 2 is 2.12 bits per heavy atom. The van der Waals surface area contributed by atoms with E-state index in [0.717, 1.165) is 0 Å². The van der Waals surface area contributed by atoms with Crippen molar-refractivity contribution in [1.82, 2.24) is 5.32 Å². The maximum Gasteiger partial charge on any atom is 0.304 e. The lowest BCUT2D eigenvalue weighted by atomic mass is 10.1. The van der Waals surface area contributed by atoms with Gasteiger partial charge in [0.2, 0.25) is 0 Å². The summed E-state index contributed by atoms with van der Waals surface area (Å²) in [6, 6.07) is 2.35. The second-order valence-corrected chi connectivity index (χ2v) is 4.42. The molecule has 1 atom stereocenters. The van der Waals surface area contributed by atoms with E-state index in [9.17, 15) is 9.18 Å². The summed E-state index contributed by atoms with van der Waals surface area (Å²) in [5.74, 6) is -1.43. The Morgan fingerprint density at radius 3 is 2.71 bits per heavy atom. The molecule has 0 aliphatic rings. The van der Waals surface area contributed by atoms with Crippen molar-refractivity contribution in [3.05, 3.63) is 33.6 Å². The van der Waals surface area contributed by atoms with Gasteiger partial charge in [0.05, 0.1) is 11.4 Å². The van der Waals surface area contributed by atoms with Crippen molar-refractivity contribution in [3.8, 4) is 0 Å². The number of rotatable bonds is 5. The van der Waals surface area contributed by atoms with Gasteiger partial charge in [-0.2, -0.15) is 0 Å². The Kier molecular flexibility index (Phi) is 5.18. The molecule has 0 spiro atoms. The maximum absolute atomic E-state index is 13.3. The Hall–Kier alpha value is -0.840. The highest BCUT2D eigenvalue weighted by Crippen LogP contribution is 2.28. The predicted molar refractivity (Wildman–Crippen MR) is 65.1 cm³/mol. The van der Waals surface area contributed by atoms with E-state index < -0.39 is 11.8 Å². The number of benzene rings is 1. The van der Waals surface area contributed by atoms with Crippen LogP contribution in [0.3, 0.4) is 0 Å². The number of hydrogen-bond donors (Lipinski definition) is 2. The summed E-state index contributed by atoms with van der Waals surface area (Å²) in [6.07, 6.45) is -0.00195. The first-order valence-corrected chi connectivity index (χ1v) is 5.77. The first-order chi connectivity index (χ1) is 7.91. The molecule has 0 amide bonds. The molecule has 94 valence electrons. The van der Waals surface area contributed by atoms with Crippen LogP contribution in [0.15, 0.2) is 12.1 Å². The third kappa shape index (κ3) is 4.15. The molecule has 0 bridgehead atoms. The van der Waals surface area contributed by atoms with E-state index in [4.69, 9.17) is 28.3 Å². The van der Waals surface area contributed by atoms with Crippen LogP contribution in [0.25, 0.3) is 0 Å². The predicted octanol–water partition coefficient (Wildman–Crippen LogP) is 3.26. The summed E-state index contributed by atoms with van der Waals surface area (Å²) in [4.78, 5) is 10.3. The van der Waals surface area contributed by atoms with Gasteiger partial charge in [0, 0.05) is 17.6 Å². The number of halogens is 3. The highest BCUT2D eigenvalue weighted by Gasteiger charge is 2.13. The van der Waals surface area contributed by atoms with E-state index in [-0.39, 0.29) is 24.0 Å². The van der Waals surface area contributed by atoms with Crippen molar-refractivity contribution in [3.63, 3.8) is 0 Å². The molecule has 17 heavy (non-hydrogen) atoms. The number of hydrogen-bond acceptors (Lipinski definition) is 2. The molecule has 0 fully saturated rings. The Balaban J connectivity index is 2.71. The summed E-state index contributed by atoms with van der Waals surface area (Å²) >= 11 is 11.5. The smallest absolute Gasteiger partial charge is 0.304 e. The van der Waals surface area contributed by atoms with Crippen LogP contribution in [-0.4, -0.2) is 17.6 Å². The van der Waals surface area contributed by atoms with Gasteiger partial charge in [-0.1, -0.05) is 23.2 Å². The molecule has 0 saturated carbocycles. The number of carboxylic acids is 1. The minimum absolute atomic E-state index is 0.00195. The van der Waals surface area contributed by atoms with Crippen LogP contribution in [0.4, 0.5) is 4.39 Å². The molecule has 0 heterocycles. The van der Waals surface area contributed by atoms with Crippen molar-refractivity contribution in [1.29, 1.82) is 0 Å².